The molecule has 0 bridgehead atoms. The van der Waals surface area contributed by atoms with Crippen LogP contribution in [-0.2, 0) is 4.74 Å². The van der Waals surface area contributed by atoms with Gasteiger partial charge in [-0.2, -0.15) is 10.5 Å². The average molecular weight is 426 g/mol. The molecule has 0 saturated heterocycles. The van der Waals surface area contributed by atoms with Crippen LogP contribution in [-0.4, -0.2) is 19.0 Å². The van der Waals surface area contributed by atoms with Crippen LogP contribution < -0.4 is 4.74 Å². The smallest absolute Gasteiger partial charge is 0.210 e. The largest absolute Gasteiger partial charge is 0.497 e. The van der Waals surface area contributed by atoms with Crippen LogP contribution in [0.25, 0.3) is 5.57 Å². The number of aliphatic imine (C=N–C) groups is 1. The SMILES string of the molecule is COc1cccc(C2=C(C)C(C#N)(C#N)C3=NC(C(C)(C)C)OC3=C2Br)c1. The summed E-state index contributed by atoms with van der Waals surface area (Å²) in [5.74, 6) is 1.15. The fraction of sp³-hybridized carbons (Fsp3) is 0.381. The van der Waals surface area contributed by atoms with E-state index < -0.39 is 11.6 Å². The minimum Gasteiger partial charge on any atom is -0.497 e. The van der Waals surface area contributed by atoms with E-state index >= 15 is 0 Å². The zero-order valence-corrected chi connectivity index (χ0v) is 17.5. The van der Waals surface area contributed by atoms with Crippen molar-refractivity contribution in [3.8, 4) is 17.9 Å². The molecule has 138 valence electrons. The van der Waals surface area contributed by atoms with Crippen molar-refractivity contribution in [1.29, 1.82) is 10.5 Å². The number of nitrogens with zero attached hydrogens (tertiary/aromatic N) is 3. The van der Waals surface area contributed by atoms with E-state index in [1.54, 1.807) is 14.0 Å². The van der Waals surface area contributed by atoms with Gasteiger partial charge in [-0.05, 0) is 46.1 Å². The van der Waals surface area contributed by atoms with E-state index in [0.29, 0.717) is 27.3 Å². The summed E-state index contributed by atoms with van der Waals surface area (Å²) >= 11 is 3.65. The molecule has 2 aliphatic rings. The Balaban J connectivity index is 2.30. The Bertz CT molecular complexity index is 970. The van der Waals surface area contributed by atoms with Gasteiger partial charge in [-0.3, -0.25) is 0 Å². The molecule has 0 N–H and O–H groups in total. The third kappa shape index (κ3) is 2.85. The molecule has 0 spiro atoms. The van der Waals surface area contributed by atoms with Crippen molar-refractivity contribution in [1.82, 2.24) is 0 Å². The molecule has 6 heteroatoms. The average Bonchev–Trinajstić information content (AvgIpc) is 3.10. The molecule has 1 aliphatic carbocycles. The molecule has 1 aromatic rings. The van der Waals surface area contributed by atoms with Crippen molar-refractivity contribution in [3.63, 3.8) is 0 Å². The van der Waals surface area contributed by atoms with Gasteiger partial charge in [-0.25, -0.2) is 4.99 Å². The van der Waals surface area contributed by atoms with Gasteiger partial charge in [0.15, 0.2) is 12.0 Å². The van der Waals surface area contributed by atoms with E-state index in [1.165, 1.54) is 0 Å². The number of rotatable bonds is 2. The zero-order chi connectivity index (χ0) is 20.0. The minimum atomic E-state index is -1.50. The lowest BCUT2D eigenvalue weighted by molar-refractivity contribution is 0.0574. The number of nitriles is 2. The summed E-state index contributed by atoms with van der Waals surface area (Å²) in [5, 5.41) is 20.0. The molecule has 5 nitrogen and oxygen atoms in total. The molecule has 1 unspecified atom stereocenters. The summed E-state index contributed by atoms with van der Waals surface area (Å²) in [6.07, 6.45) is -0.464. The second-order valence-electron chi connectivity index (χ2n) is 7.66. The van der Waals surface area contributed by atoms with Crippen LogP contribution in [0.3, 0.4) is 0 Å². The Kier molecular flexibility index (Phi) is 4.66. The maximum absolute atomic E-state index is 9.99. The Morgan fingerprint density at radius 1 is 1.26 bits per heavy atom. The van der Waals surface area contributed by atoms with Crippen LogP contribution in [0.2, 0.25) is 0 Å². The van der Waals surface area contributed by atoms with E-state index in [-0.39, 0.29) is 5.41 Å². The number of halogens is 1. The lowest BCUT2D eigenvalue weighted by Crippen LogP contribution is -2.33. The van der Waals surface area contributed by atoms with Crippen molar-refractivity contribution >= 4 is 27.2 Å². The number of fused-ring (bicyclic) bond motifs is 1. The van der Waals surface area contributed by atoms with Crippen molar-refractivity contribution in [2.24, 2.45) is 15.8 Å². The van der Waals surface area contributed by atoms with Crippen molar-refractivity contribution < 1.29 is 9.47 Å². The Morgan fingerprint density at radius 2 is 1.93 bits per heavy atom. The Hall–Kier alpha value is -2.57. The molecule has 1 atom stereocenters. The third-order valence-corrected chi connectivity index (χ3v) is 5.59. The molecule has 27 heavy (non-hydrogen) atoms. The summed E-state index contributed by atoms with van der Waals surface area (Å²) < 4.78 is 12.1. The van der Waals surface area contributed by atoms with Gasteiger partial charge >= 0.3 is 0 Å². The van der Waals surface area contributed by atoms with E-state index in [9.17, 15) is 10.5 Å². The predicted octanol–water partition coefficient (Wildman–Crippen LogP) is 4.97. The number of benzene rings is 1. The van der Waals surface area contributed by atoms with Gasteiger partial charge in [-0.1, -0.05) is 32.9 Å². The normalized spacial score (nSPS) is 21.0. The van der Waals surface area contributed by atoms with Crippen molar-refractivity contribution in [3.05, 3.63) is 45.6 Å². The van der Waals surface area contributed by atoms with Crippen molar-refractivity contribution in [2.45, 2.75) is 33.9 Å². The molecule has 0 fully saturated rings. The lowest BCUT2D eigenvalue weighted by atomic mass is 9.72. The van der Waals surface area contributed by atoms with Gasteiger partial charge in [-0.15, -0.1) is 0 Å². The van der Waals surface area contributed by atoms with Gasteiger partial charge < -0.3 is 9.47 Å². The quantitative estimate of drug-likeness (QED) is 0.669. The highest BCUT2D eigenvalue weighted by Gasteiger charge is 2.52. The maximum atomic E-state index is 9.99. The van der Waals surface area contributed by atoms with Crippen LogP contribution in [0.15, 0.2) is 45.1 Å². The minimum absolute atomic E-state index is 0.273. The van der Waals surface area contributed by atoms with Crippen LogP contribution in [0.1, 0.15) is 33.3 Å². The molecular weight excluding hydrogens is 406 g/mol. The standard InChI is InChI=1S/C21H20BrN3O2/c1-12-15(13-7-6-8-14(9-13)26-5)16(22)17-18(21(12,10-23)11-24)25-19(27-17)20(2,3)4/h6-9,19H,1-5H3. The van der Waals surface area contributed by atoms with Gasteiger partial charge in [0.2, 0.25) is 5.41 Å². The highest BCUT2D eigenvalue weighted by molar-refractivity contribution is 9.12. The predicted molar refractivity (Wildman–Crippen MR) is 107 cm³/mol. The molecule has 1 heterocycles. The van der Waals surface area contributed by atoms with Crippen LogP contribution in [0.5, 0.6) is 5.75 Å². The molecule has 0 aromatic heterocycles. The topological polar surface area (TPSA) is 78.4 Å². The van der Waals surface area contributed by atoms with E-state index in [1.807, 2.05) is 45.0 Å². The monoisotopic (exact) mass is 425 g/mol. The van der Waals surface area contributed by atoms with Gasteiger partial charge in [0.1, 0.15) is 11.5 Å². The second-order valence-corrected chi connectivity index (χ2v) is 8.46. The molecule has 1 aliphatic heterocycles. The van der Waals surface area contributed by atoms with Crippen LogP contribution in [0.4, 0.5) is 0 Å². The fourth-order valence-corrected chi connectivity index (χ4v) is 4.03. The Labute approximate surface area is 167 Å². The third-order valence-electron chi connectivity index (χ3n) is 4.84. The molecular formula is C21H20BrN3O2. The number of hydrogen-bond donors (Lipinski definition) is 0. The number of ether oxygens (including phenoxy) is 2. The summed E-state index contributed by atoms with van der Waals surface area (Å²) in [5.41, 5.74) is 0.816. The molecule has 0 saturated carbocycles. The summed E-state index contributed by atoms with van der Waals surface area (Å²) in [6, 6.07) is 11.9. The number of allylic oxidation sites excluding steroid dienone is 4. The van der Waals surface area contributed by atoms with Gasteiger partial charge in [0, 0.05) is 11.0 Å². The van der Waals surface area contributed by atoms with Gasteiger partial charge in [0.25, 0.3) is 0 Å². The highest BCUT2D eigenvalue weighted by atomic mass is 79.9. The second kappa shape index (κ2) is 6.55. The first-order chi connectivity index (χ1) is 12.7. The fourth-order valence-electron chi connectivity index (χ4n) is 3.23. The van der Waals surface area contributed by atoms with Crippen LogP contribution in [0, 0.1) is 33.5 Å². The first-order valence-electron chi connectivity index (χ1n) is 8.53. The molecule has 0 amide bonds. The van der Waals surface area contributed by atoms with Crippen LogP contribution >= 0.6 is 15.9 Å². The molecule has 0 radical (unpaired) electrons. The van der Waals surface area contributed by atoms with Crippen molar-refractivity contribution in [2.75, 3.05) is 7.11 Å². The lowest BCUT2D eigenvalue weighted by Gasteiger charge is -2.29. The molecule has 3 rings (SSSR count). The van der Waals surface area contributed by atoms with Gasteiger partial charge in [0.05, 0.1) is 23.7 Å². The number of methoxy groups -OCH3 is 1. The summed E-state index contributed by atoms with van der Waals surface area (Å²) in [7, 11) is 1.60. The summed E-state index contributed by atoms with van der Waals surface area (Å²) in [6.45, 7) is 7.83. The molecule has 1 aromatic carbocycles. The van der Waals surface area contributed by atoms with E-state index in [2.05, 4.69) is 33.1 Å². The van der Waals surface area contributed by atoms with E-state index in [0.717, 1.165) is 11.1 Å². The van der Waals surface area contributed by atoms with E-state index in [4.69, 9.17) is 9.47 Å². The first-order valence-corrected chi connectivity index (χ1v) is 9.32. The number of hydrogen-bond acceptors (Lipinski definition) is 5. The summed E-state index contributed by atoms with van der Waals surface area (Å²) in [4.78, 5) is 4.64. The first kappa shape index (κ1) is 19.2. The highest BCUT2D eigenvalue weighted by Crippen LogP contribution is 2.51. The zero-order valence-electron chi connectivity index (χ0n) is 15.9. The maximum Gasteiger partial charge on any atom is 0.210 e. The Morgan fingerprint density at radius 3 is 2.48 bits per heavy atom.